The number of aliphatic imine (C=N–C) groups is 1. The average molecular weight is 478 g/mol. The number of halogens is 2. The molecular formula is C17H25ClIN5O. The zero-order chi connectivity index (χ0) is 17.4. The molecular weight excluding hydrogens is 453 g/mol. The number of hydrogen-bond acceptors (Lipinski definition) is 3. The van der Waals surface area contributed by atoms with Crippen LogP contribution < -0.4 is 15.4 Å². The molecule has 1 aromatic heterocycles. The summed E-state index contributed by atoms with van der Waals surface area (Å²) >= 11 is 6.25. The number of hydrogen-bond donors (Lipinski definition) is 2. The monoisotopic (exact) mass is 477 g/mol. The Labute approximate surface area is 171 Å². The Morgan fingerprint density at radius 2 is 2.00 bits per heavy atom. The van der Waals surface area contributed by atoms with Crippen molar-refractivity contribution in [2.45, 2.75) is 12.8 Å². The molecule has 2 N–H and O–H groups in total. The summed E-state index contributed by atoms with van der Waals surface area (Å²) in [5, 5.41) is 11.5. The highest BCUT2D eigenvalue weighted by molar-refractivity contribution is 14.0. The molecule has 25 heavy (non-hydrogen) atoms. The number of benzene rings is 1. The molecule has 0 saturated heterocycles. The number of nitrogens with one attached hydrogen (secondary N) is 2. The Bertz CT molecular complexity index is 689. The van der Waals surface area contributed by atoms with Crippen molar-refractivity contribution in [3.63, 3.8) is 0 Å². The van der Waals surface area contributed by atoms with Gasteiger partial charge in [0.1, 0.15) is 5.75 Å². The Balaban J connectivity index is 0.00000312. The van der Waals surface area contributed by atoms with Crippen LogP contribution in [-0.4, -0.2) is 43.0 Å². The second-order valence-electron chi connectivity index (χ2n) is 5.41. The molecule has 1 aromatic carbocycles. The number of nitrogens with zero attached hydrogens (tertiary/aromatic N) is 3. The number of guanidine groups is 1. The summed E-state index contributed by atoms with van der Waals surface area (Å²) < 4.78 is 6.96. The van der Waals surface area contributed by atoms with Gasteiger partial charge in [0.15, 0.2) is 5.96 Å². The van der Waals surface area contributed by atoms with Gasteiger partial charge in [-0.25, -0.2) is 0 Å². The summed E-state index contributed by atoms with van der Waals surface area (Å²) in [7, 11) is 5.32. The Morgan fingerprint density at radius 3 is 2.56 bits per heavy atom. The molecule has 0 radical (unpaired) electrons. The lowest BCUT2D eigenvalue weighted by Crippen LogP contribution is -2.39. The van der Waals surface area contributed by atoms with E-state index >= 15 is 0 Å². The van der Waals surface area contributed by atoms with Gasteiger partial charge in [0.05, 0.1) is 13.3 Å². The molecule has 8 heteroatoms. The first-order valence-electron chi connectivity index (χ1n) is 7.87. The van der Waals surface area contributed by atoms with Crippen molar-refractivity contribution in [1.82, 2.24) is 20.4 Å². The van der Waals surface area contributed by atoms with Gasteiger partial charge in [0, 0.05) is 38.4 Å². The number of ether oxygens (including phenoxy) is 1. The largest absolute Gasteiger partial charge is 0.497 e. The van der Waals surface area contributed by atoms with Crippen LogP contribution >= 0.6 is 35.6 Å². The lowest BCUT2D eigenvalue weighted by atomic mass is 10.1. The van der Waals surface area contributed by atoms with E-state index in [9.17, 15) is 0 Å². The van der Waals surface area contributed by atoms with Gasteiger partial charge in [0.2, 0.25) is 0 Å². The second-order valence-corrected chi connectivity index (χ2v) is 5.81. The fourth-order valence-corrected chi connectivity index (χ4v) is 2.59. The second kappa shape index (κ2) is 11.2. The maximum Gasteiger partial charge on any atom is 0.190 e. The van der Waals surface area contributed by atoms with E-state index in [0.717, 1.165) is 48.2 Å². The number of methoxy groups -OCH3 is 1. The fraction of sp³-hybridized carbons (Fsp3) is 0.412. The van der Waals surface area contributed by atoms with Crippen LogP contribution in [0.15, 0.2) is 35.6 Å². The maximum atomic E-state index is 6.25. The summed E-state index contributed by atoms with van der Waals surface area (Å²) in [4.78, 5) is 4.23. The van der Waals surface area contributed by atoms with Gasteiger partial charge in [0.25, 0.3) is 0 Å². The van der Waals surface area contributed by atoms with Gasteiger partial charge in [-0.15, -0.1) is 24.0 Å². The smallest absolute Gasteiger partial charge is 0.190 e. The third-order valence-corrected chi connectivity index (χ3v) is 3.99. The number of aryl methyl sites for hydroxylation is 1. The zero-order valence-corrected chi connectivity index (χ0v) is 17.8. The first kappa shape index (κ1) is 21.6. The number of aromatic nitrogens is 2. The molecule has 0 fully saturated rings. The lowest BCUT2D eigenvalue weighted by molar-refractivity contribution is 0.414. The number of rotatable bonds is 7. The van der Waals surface area contributed by atoms with Gasteiger partial charge in [-0.2, -0.15) is 5.10 Å². The molecule has 0 amide bonds. The van der Waals surface area contributed by atoms with Gasteiger partial charge in [-0.3, -0.25) is 9.67 Å². The molecule has 0 bridgehead atoms. The van der Waals surface area contributed by atoms with E-state index in [1.807, 2.05) is 37.6 Å². The minimum atomic E-state index is 0. The third kappa shape index (κ3) is 7.11. The Kier molecular flexibility index (Phi) is 9.66. The van der Waals surface area contributed by atoms with Crippen LogP contribution in [0.25, 0.3) is 0 Å². The van der Waals surface area contributed by atoms with Crippen molar-refractivity contribution in [2.75, 3.05) is 27.2 Å². The molecule has 6 nitrogen and oxygen atoms in total. The Morgan fingerprint density at radius 1 is 1.28 bits per heavy atom. The van der Waals surface area contributed by atoms with Crippen LogP contribution in [0.5, 0.6) is 5.75 Å². The molecule has 138 valence electrons. The average Bonchev–Trinajstić information content (AvgIpc) is 3.00. The molecule has 0 atom stereocenters. The summed E-state index contributed by atoms with van der Waals surface area (Å²) in [5.74, 6) is 1.55. The van der Waals surface area contributed by atoms with Crippen LogP contribution in [0, 0.1) is 0 Å². The minimum absolute atomic E-state index is 0. The van der Waals surface area contributed by atoms with E-state index in [1.54, 1.807) is 18.8 Å². The summed E-state index contributed by atoms with van der Waals surface area (Å²) in [5.41, 5.74) is 2.28. The summed E-state index contributed by atoms with van der Waals surface area (Å²) in [6.45, 7) is 1.55. The molecule has 0 aliphatic rings. The van der Waals surface area contributed by atoms with E-state index in [2.05, 4.69) is 20.7 Å². The van der Waals surface area contributed by atoms with E-state index in [0.29, 0.717) is 0 Å². The molecule has 0 unspecified atom stereocenters. The van der Waals surface area contributed by atoms with Crippen LogP contribution in [-0.2, 0) is 19.9 Å². The molecule has 0 aliphatic heterocycles. The van der Waals surface area contributed by atoms with Crippen molar-refractivity contribution in [1.29, 1.82) is 0 Å². The predicted molar refractivity (Wildman–Crippen MR) is 113 cm³/mol. The topological polar surface area (TPSA) is 63.5 Å². The predicted octanol–water partition coefficient (Wildman–Crippen LogP) is 2.65. The van der Waals surface area contributed by atoms with E-state index in [-0.39, 0.29) is 24.0 Å². The highest BCUT2D eigenvalue weighted by Gasteiger charge is 2.04. The van der Waals surface area contributed by atoms with E-state index in [1.165, 1.54) is 5.56 Å². The van der Waals surface area contributed by atoms with Crippen LogP contribution in [0.4, 0.5) is 0 Å². The Hall–Kier alpha value is -1.48. The summed E-state index contributed by atoms with van der Waals surface area (Å²) in [6.07, 6.45) is 5.61. The van der Waals surface area contributed by atoms with Gasteiger partial charge < -0.3 is 15.4 Å². The van der Waals surface area contributed by atoms with Crippen molar-refractivity contribution >= 4 is 41.5 Å². The molecule has 0 aliphatic carbocycles. The van der Waals surface area contributed by atoms with Crippen molar-refractivity contribution in [3.8, 4) is 5.75 Å². The molecule has 1 heterocycles. The summed E-state index contributed by atoms with van der Waals surface area (Å²) in [6, 6.07) is 5.74. The first-order chi connectivity index (χ1) is 11.6. The van der Waals surface area contributed by atoms with Gasteiger partial charge >= 0.3 is 0 Å². The molecule has 2 rings (SSSR count). The quantitative estimate of drug-likeness (QED) is 0.366. The van der Waals surface area contributed by atoms with Crippen LogP contribution in [0.2, 0.25) is 5.02 Å². The third-order valence-electron chi connectivity index (χ3n) is 3.64. The molecule has 0 spiro atoms. The highest BCUT2D eigenvalue weighted by Crippen LogP contribution is 2.22. The standard InChI is InChI=1S/C17H24ClN5O.HI/c1-19-17(20-8-6-13-11-22-23(2)12-13)21-9-7-14-4-5-15(24-3)10-16(14)18;/h4-5,10-12H,6-9H2,1-3H3,(H2,19,20,21);1H. The fourth-order valence-electron chi connectivity index (χ4n) is 2.32. The van der Waals surface area contributed by atoms with Crippen molar-refractivity contribution in [3.05, 3.63) is 46.7 Å². The minimum Gasteiger partial charge on any atom is -0.497 e. The van der Waals surface area contributed by atoms with Gasteiger partial charge in [-0.1, -0.05) is 17.7 Å². The normalized spacial score (nSPS) is 11.0. The van der Waals surface area contributed by atoms with Crippen LogP contribution in [0.3, 0.4) is 0 Å². The SMILES string of the molecule is CN=C(NCCc1cnn(C)c1)NCCc1ccc(OC)cc1Cl.I. The maximum absolute atomic E-state index is 6.25. The molecule has 2 aromatic rings. The first-order valence-corrected chi connectivity index (χ1v) is 8.24. The van der Waals surface area contributed by atoms with E-state index in [4.69, 9.17) is 16.3 Å². The van der Waals surface area contributed by atoms with Crippen molar-refractivity contribution in [2.24, 2.45) is 12.0 Å². The van der Waals surface area contributed by atoms with Crippen molar-refractivity contribution < 1.29 is 4.74 Å². The zero-order valence-electron chi connectivity index (χ0n) is 14.8. The highest BCUT2D eigenvalue weighted by atomic mass is 127. The lowest BCUT2D eigenvalue weighted by Gasteiger charge is -2.12. The molecule has 0 saturated carbocycles. The van der Waals surface area contributed by atoms with Gasteiger partial charge in [-0.05, 0) is 36.1 Å². The van der Waals surface area contributed by atoms with E-state index < -0.39 is 0 Å². The van der Waals surface area contributed by atoms with Crippen LogP contribution in [0.1, 0.15) is 11.1 Å².